The van der Waals surface area contributed by atoms with Crippen LogP contribution in [0.15, 0.2) is 47.8 Å². The van der Waals surface area contributed by atoms with Gasteiger partial charge in [0.1, 0.15) is 10.7 Å². The summed E-state index contributed by atoms with van der Waals surface area (Å²) in [6, 6.07) is 11.0. The van der Waals surface area contributed by atoms with Crippen molar-refractivity contribution in [3.05, 3.63) is 75.2 Å². The normalized spacial score (nSPS) is 15.3. The van der Waals surface area contributed by atoms with Gasteiger partial charge in [-0.05, 0) is 42.2 Å². The predicted octanol–water partition coefficient (Wildman–Crippen LogP) is 5.33. The van der Waals surface area contributed by atoms with E-state index in [1.54, 1.807) is 11.4 Å². The van der Waals surface area contributed by atoms with Crippen molar-refractivity contribution in [3.8, 4) is 11.5 Å². The first-order chi connectivity index (χ1) is 16.8. The first kappa shape index (κ1) is 23.6. The maximum absolute atomic E-state index is 13.2. The molecule has 6 nitrogen and oxygen atoms in total. The molecule has 0 radical (unpaired) electrons. The average Bonchev–Trinajstić information content (AvgIpc) is 3.60. The number of halogens is 3. The van der Waals surface area contributed by atoms with Gasteiger partial charge >= 0.3 is 6.18 Å². The molecule has 0 aliphatic carbocycles. The van der Waals surface area contributed by atoms with Crippen LogP contribution < -0.4 is 9.47 Å². The first-order valence-electron chi connectivity index (χ1n) is 11.4. The number of nitrogens with zero attached hydrogens (tertiary/aromatic N) is 3. The molecule has 1 aromatic heterocycles. The second-order valence-electron chi connectivity index (χ2n) is 8.66. The van der Waals surface area contributed by atoms with E-state index in [-0.39, 0.29) is 19.2 Å². The summed E-state index contributed by atoms with van der Waals surface area (Å²) in [5, 5.41) is 2.50. The number of amides is 1. The van der Waals surface area contributed by atoms with E-state index in [4.69, 9.17) is 9.47 Å². The minimum Gasteiger partial charge on any atom is -0.454 e. The van der Waals surface area contributed by atoms with Crippen molar-refractivity contribution < 1.29 is 27.4 Å². The molecule has 1 fully saturated rings. The Morgan fingerprint density at radius 2 is 1.74 bits per heavy atom. The van der Waals surface area contributed by atoms with Crippen LogP contribution in [0.2, 0.25) is 0 Å². The van der Waals surface area contributed by atoms with Crippen molar-refractivity contribution in [2.24, 2.45) is 0 Å². The number of ether oxygens (including phenoxy) is 2. The molecule has 2 aromatic carbocycles. The van der Waals surface area contributed by atoms with E-state index in [1.807, 2.05) is 28.0 Å². The minimum atomic E-state index is -4.40. The number of hydrogen-bond donors (Lipinski definition) is 0. The smallest absolute Gasteiger partial charge is 0.416 e. The Morgan fingerprint density at radius 3 is 2.51 bits per heavy atom. The zero-order chi connectivity index (χ0) is 24.4. The largest absolute Gasteiger partial charge is 0.454 e. The molecule has 0 bridgehead atoms. The molecular weight excluding hydrogens is 479 g/mol. The van der Waals surface area contributed by atoms with E-state index >= 15 is 0 Å². The number of hydrogen-bond acceptors (Lipinski definition) is 6. The van der Waals surface area contributed by atoms with Crippen LogP contribution in [0.25, 0.3) is 0 Å². The highest BCUT2D eigenvalue weighted by Crippen LogP contribution is 2.34. The Hall–Kier alpha value is -3.11. The van der Waals surface area contributed by atoms with Gasteiger partial charge in [0.2, 0.25) is 6.79 Å². The lowest BCUT2D eigenvalue weighted by Crippen LogP contribution is -2.28. The summed E-state index contributed by atoms with van der Waals surface area (Å²) in [5.74, 6) is 1.25. The van der Waals surface area contributed by atoms with E-state index in [1.165, 1.54) is 23.5 Å². The fraction of sp³-hybridized carbons (Fsp3) is 0.360. The van der Waals surface area contributed by atoms with E-state index in [0.717, 1.165) is 42.6 Å². The highest BCUT2D eigenvalue weighted by atomic mass is 32.1. The first-order valence-corrected chi connectivity index (χ1v) is 12.2. The van der Waals surface area contributed by atoms with Crippen molar-refractivity contribution in [2.75, 3.05) is 19.9 Å². The molecule has 3 aromatic rings. The second-order valence-corrected chi connectivity index (χ2v) is 9.60. The molecule has 184 valence electrons. The molecule has 0 spiro atoms. The summed E-state index contributed by atoms with van der Waals surface area (Å²) in [5.41, 5.74) is 1.23. The van der Waals surface area contributed by atoms with Crippen LogP contribution in [-0.4, -0.2) is 40.6 Å². The van der Waals surface area contributed by atoms with Crippen molar-refractivity contribution in [1.82, 2.24) is 14.8 Å². The Balaban J connectivity index is 1.36. The quantitative estimate of drug-likeness (QED) is 0.436. The number of aromatic nitrogens is 1. The van der Waals surface area contributed by atoms with Gasteiger partial charge in [0.25, 0.3) is 5.91 Å². The highest BCUT2D eigenvalue weighted by molar-refractivity contribution is 7.09. The Bertz CT molecular complexity index is 1210. The standard InChI is InChI=1S/C25H24F3N3O3S/c26-25(27,28)19-5-3-4-17(10-19)12-30(13-18-6-7-21-22(11-18)34-16-33-21)14-23-29-20(15-35-23)24(32)31-8-1-2-9-31/h3-7,10-11,15H,1-2,8-9,12-14,16H2. The molecule has 0 saturated carbocycles. The van der Waals surface area contributed by atoms with Crippen LogP contribution in [0.3, 0.4) is 0 Å². The number of carbonyl (C=O) groups excluding carboxylic acids is 1. The van der Waals surface area contributed by atoms with Gasteiger partial charge in [-0.25, -0.2) is 4.98 Å². The van der Waals surface area contributed by atoms with Crippen LogP contribution in [0, 0.1) is 0 Å². The molecule has 2 aliphatic heterocycles. The predicted molar refractivity (Wildman–Crippen MR) is 124 cm³/mol. The maximum atomic E-state index is 13.2. The summed E-state index contributed by atoms with van der Waals surface area (Å²) >= 11 is 1.39. The summed E-state index contributed by atoms with van der Waals surface area (Å²) in [6.45, 7) is 2.80. The maximum Gasteiger partial charge on any atom is 0.416 e. The number of carbonyl (C=O) groups is 1. The van der Waals surface area contributed by atoms with Gasteiger partial charge in [-0.2, -0.15) is 13.2 Å². The van der Waals surface area contributed by atoms with E-state index in [2.05, 4.69) is 4.98 Å². The number of thiazole rings is 1. The van der Waals surface area contributed by atoms with Gasteiger partial charge in [-0.15, -0.1) is 11.3 Å². The molecule has 0 unspecified atom stereocenters. The van der Waals surface area contributed by atoms with Gasteiger partial charge < -0.3 is 14.4 Å². The van der Waals surface area contributed by atoms with Crippen LogP contribution in [-0.2, 0) is 25.8 Å². The fourth-order valence-corrected chi connectivity index (χ4v) is 5.13. The van der Waals surface area contributed by atoms with Crippen LogP contribution >= 0.6 is 11.3 Å². The molecule has 1 saturated heterocycles. The number of fused-ring (bicyclic) bond motifs is 1. The monoisotopic (exact) mass is 503 g/mol. The van der Waals surface area contributed by atoms with Gasteiger partial charge in [-0.1, -0.05) is 24.3 Å². The lowest BCUT2D eigenvalue weighted by Gasteiger charge is -2.22. The van der Waals surface area contributed by atoms with Crippen molar-refractivity contribution in [3.63, 3.8) is 0 Å². The van der Waals surface area contributed by atoms with Crippen molar-refractivity contribution >= 4 is 17.2 Å². The summed E-state index contributed by atoms with van der Waals surface area (Å²) in [4.78, 5) is 21.1. The van der Waals surface area contributed by atoms with Crippen LogP contribution in [0.5, 0.6) is 11.5 Å². The van der Waals surface area contributed by atoms with Crippen molar-refractivity contribution in [2.45, 2.75) is 38.7 Å². The van der Waals surface area contributed by atoms with Crippen molar-refractivity contribution in [1.29, 1.82) is 0 Å². The number of rotatable bonds is 7. The lowest BCUT2D eigenvalue weighted by molar-refractivity contribution is -0.137. The third-order valence-corrected chi connectivity index (χ3v) is 6.86. The Labute approximate surface area is 204 Å². The second kappa shape index (κ2) is 9.87. The molecule has 3 heterocycles. The molecule has 0 N–H and O–H groups in total. The fourth-order valence-electron chi connectivity index (χ4n) is 4.32. The zero-order valence-corrected chi connectivity index (χ0v) is 19.7. The minimum absolute atomic E-state index is 0.0646. The van der Waals surface area contributed by atoms with E-state index in [9.17, 15) is 18.0 Å². The summed E-state index contributed by atoms with van der Waals surface area (Å²) in [7, 11) is 0. The summed E-state index contributed by atoms with van der Waals surface area (Å²) in [6.07, 6.45) is -2.40. The molecule has 5 rings (SSSR count). The highest BCUT2D eigenvalue weighted by Gasteiger charge is 2.30. The number of benzene rings is 2. The van der Waals surface area contributed by atoms with Gasteiger partial charge in [0.05, 0.1) is 12.1 Å². The lowest BCUT2D eigenvalue weighted by atomic mass is 10.1. The molecular formula is C25H24F3N3O3S. The molecule has 2 aliphatic rings. The van der Waals surface area contributed by atoms with E-state index < -0.39 is 11.7 Å². The number of likely N-dealkylation sites (tertiary alicyclic amines) is 1. The molecule has 10 heteroatoms. The SMILES string of the molecule is O=C(c1csc(CN(Cc2cccc(C(F)(F)F)c2)Cc2ccc3c(c2)OCO3)n1)N1CCCC1. The van der Waals surface area contributed by atoms with E-state index in [0.29, 0.717) is 35.8 Å². The third kappa shape index (κ3) is 5.59. The third-order valence-electron chi connectivity index (χ3n) is 6.03. The van der Waals surface area contributed by atoms with Crippen LogP contribution in [0.1, 0.15) is 45.0 Å². The molecule has 35 heavy (non-hydrogen) atoms. The average molecular weight is 504 g/mol. The van der Waals surface area contributed by atoms with Gasteiger partial charge in [0.15, 0.2) is 11.5 Å². The molecule has 0 atom stereocenters. The van der Waals surface area contributed by atoms with Crippen LogP contribution in [0.4, 0.5) is 13.2 Å². The number of alkyl halides is 3. The van der Waals surface area contributed by atoms with Gasteiger partial charge in [0, 0.05) is 31.6 Å². The Morgan fingerprint density at radius 1 is 1.00 bits per heavy atom. The summed E-state index contributed by atoms with van der Waals surface area (Å²) < 4.78 is 50.6. The van der Waals surface area contributed by atoms with Gasteiger partial charge in [-0.3, -0.25) is 9.69 Å². The topological polar surface area (TPSA) is 54.9 Å². The zero-order valence-electron chi connectivity index (χ0n) is 18.9. The molecule has 1 amide bonds. The Kier molecular flexibility index (Phi) is 6.66.